The van der Waals surface area contributed by atoms with Crippen LogP contribution in [-0.4, -0.2) is 42.6 Å². The summed E-state index contributed by atoms with van der Waals surface area (Å²) < 4.78 is 5.54. The fourth-order valence-corrected chi connectivity index (χ4v) is 2.02. The van der Waals surface area contributed by atoms with E-state index in [1.165, 1.54) is 0 Å². The maximum absolute atomic E-state index is 11.5. The van der Waals surface area contributed by atoms with Crippen molar-refractivity contribution < 1.29 is 9.53 Å². The summed E-state index contributed by atoms with van der Waals surface area (Å²) in [7, 11) is 0. The molecule has 88 valence electrons. The van der Waals surface area contributed by atoms with Crippen LogP contribution in [-0.2, 0) is 9.53 Å². The van der Waals surface area contributed by atoms with Gasteiger partial charge in [-0.1, -0.05) is 6.92 Å². The van der Waals surface area contributed by atoms with Gasteiger partial charge in [-0.3, -0.25) is 15.1 Å². The van der Waals surface area contributed by atoms with Crippen molar-refractivity contribution in [2.24, 2.45) is 5.84 Å². The zero-order valence-corrected chi connectivity index (χ0v) is 9.53. The van der Waals surface area contributed by atoms with Gasteiger partial charge in [0.2, 0.25) is 0 Å². The number of rotatable bonds is 3. The molecule has 1 fully saturated rings. The first-order valence-electron chi connectivity index (χ1n) is 5.55. The molecule has 0 radical (unpaired) electrons. The molecule has 1 aliphatic heterocycles. The largest absolute Gasteiger partial charge is 0.377 e. The molecule has 1 amide bonds. The normalized spacial score (nSPS) is 25.7. The number of nitrogens with zero attached hydrogens (tertiary/aromatic N) is 1. The maximum atomic E-state index is 11.5. The topological polar surface area (TPSA) is 67.6 Å². The number of hydrogen-bond donors (Lipinski definition) is 2. The number of ether oxygens (including phenoxy) is 1. The third-order valence-electron chi connectivity index (χ3n) is 2.76. The van der Waals surface area contributed by atoms with Gasteiger partial charge in [-0.25, -0.2) is 5.84 Å². The van der Waals surface area contributed by atoms with Crippen LogP contribution in [0.3, 0.4) is 0 Å². The molecular weight excluding hydrogens is 194 g/mol. The van der Waals surface area contributed by atoms with Gasteiger partial charge in [0.05, 0.1) is 12.1 Å². The molecule has 0 aromatic heterocycles. The van der Waals surface area contributed by atoms with Gasteiger partial charge in [0.15, 0.2) is 0 Å². The molecule has 0 saturated carbocycles. The Morgan fingerprint density at radius 2 is 2.47 bits per heavy atom. The summed E-state index contributed by atoms with van der Waals surface area (Å²) in [5.41, 5.74) is 2.23. The van der Waals surface area contributed by atoms with Crippen molar-refractivity contribution in [3.8, 4) is 0 Å². The number of nitrogens with two attached hydrogens (primary N) is 1. The van der Waals surface area contributed by atoms with E-state index < -0.39 is 0 Å². The number of nitrogens with one attached hydrogen (secondary N) is 1. The minimum atomic E-state index is -0.126. The average molecular weight is 215 g/mol. The van der Waals surface area contributed by atoms with Crippen molar-refractivity contribution in [2.75, 3.05) is 19.7 Å². The molecule has 1 aliphatic rings. The van der Waals surface area contributed by atoms with E-state index >= 15 is 0 Å². The Bertz CT molecular complexity index is 211. The van der Waals surface area contributed by atoms with Crippen molar-refractivity contribution >= 4 is 5.91 Å². The molecule has 0 aromatic rings. The molecule has 1 rings (SSSR count). The summed E-state index contributed by atoms with van der Waals surface area (Å²) in [6.07, 6.45) is 1.93. The second-order valence-corrected chi connectivity index (χ2v) is 3.96. The SMILES string of the molecule is CCC(C(=O)NN)N1CCCOC(C)C1. The van der Waals surface area contributed by atoms with E-state index in [0.717, 1.165) is 32.5 Å². The van der Waals surface area contributed by atoms with E-state index in [1.54, 1.807) is 0 Å². The number of amides is 1. The molecule has 0 aliphatic carbocycles. The Morgan fingerprint density at radius 3 is 3.07 bits per heavy atom. The van der Waals surface area contributed by atoms with Crippen molar-refractivity contribution in [1.29, 1.82) is 0 Å². The Balaban J connectivity index is 2.60. The van der Waals surface area contributed by atoms with Gasteiger partial charge < -0.3 is 4.74 Å². The van der Waals surface area contributed by atoms with Crippen molar-refractivity contribution in [2.45, 2.75) is 38.8 Å². The van der Waals surface area contributed by atoms with Gasteiger partial charge in [0.25, 0.3) is 5.91 Å². The van der Waals surface area contributed by atoms with Gasteiger partial charge in [0, 0.05) is 19.7 Å². The molecule has 15 heavy (non-hydrogen) atoms. The second kappa shape index (κ2) is 6.05. The van der Waals surface area contributed by atoms with E-state index in [1.807, 2.05) is 13.8 Å². The first-order valence-corrected chi connectivity index (χ1v) is 5.55. The molecular formula is C10H21N3O2. The summed E-state index contributed by atoms with van der Waals surface area (Å²) in [5, 5.41) is 0. The van der Waals surface area contributed by atoms with Crippen LogP contribution in [0, 0.1) is 0 Å². The van der Waals surface area contributed by atoms with Crippen molar-refractivity contribution in [3.05, 3.63) is 0 Å². The van der Waals surface area contributed by atoms with Crippen LogP contribution in [0.15, 0.2) is 0 Å². The van der Waals surface area contributed by atoms with E-state index in [9.17, 15) is 4.79 Å². The van der Waals surface area contributed by atoms with Gasteiger partial charge in [0.1, 0.15) is 0 Å². The smallest absolute Gasteiger partial charge is 0.251 e. The van der Waals surface area contributed by atoms with Crippen LogP contribution in [0.25, 0.3) is 0 Å². The van der Waals surface area contributed by atoms with Crippen LogP contribution in [0.2, 0.25) is 0 Å². The van der Waals surface area contributed by atoms with Crippen LogP contribution in [0.5, 0.6) is 0 Å². The predicted molar refractivity (Wildman–Crippen MR) is 58.0 cm³/mol. The quantitative estimate of drug-likeness (QED) is 0.391. The lowest BCUT2D eigenvalue weighted by Crippen LogP contribution is -2.50. The van der Waals surface area contributed by atoms with Crippen molar-refractivity contribution in [3.63, 3.8) is 0 Å². The number of carbonyl (C=O) groups excluding carboxylic acids is 1. The van der Waals surface area contributed by atoms with E-state index in [4.69, 9.17) is 10.6 Å². The first-order chi connectivity index (χ1) is 7.19. The highest BCUT2D eigenvalue weighted by molar-refractivity contribution is 5.81. The average Bonchev–Trinajstić information content (AvgIpc) is 2.44. The molecule has 5 heteroatoms. The van der Waals surface area contributed by atoms with Gasteiger partial charge in [-0.2, -0.15) is 0 Å². The molecule has 0 aromatic carbocycles. The number of hydrogen-bond acceptors (Lipinski definition) is 4. The van der Waals surface area contributed by atoms with E-state index in [-0.39, 0.29) is 18.1 Å². The van der Waals surface area contributed by atoms with Crippen LogP contribution < -0.4 is 11.3 Å². The highest BCUT2D eigenvalue weighted by atomic mass is 16.5. The molecule has 5 nitrogen and oxygen atoms in total. The summed E-state index contributed by atoms with van der Waals surface area (Å²) in [6, 6.07) is -0.126. The van der Waals surface area contributed by atoms with Crippen molar-refractivity contribution in [1.82, 2.24) is 10.3 Å². The maximum Gasteiger partial charge on any atom is 0.251 e. The zero-order valence-electron chi connectivity index (χ0n) is 9.53. The molecule has 0 bridgehead atoms. The van der Waals surface area contributed by atoms with Gasteiger partial charge >= 0.3 is 0 Å². The summed E-state index contributed by atoms with van der Waals surface area (Å²) in [6.45, 7) is 6.50. The highest BCUT2D eigenvalue weighted by Gasteiger charge is 2.26. The lowest BCUT2D eigenvalue weighted by atomic mass is 10.1. The standard InChI is InChI=1S/C10H21N3O2/c1-3-9(10(14)12-11)13-5-4-6-15-8(2)7-13/h8-9H,3-7,11H2,1-2H3,(H,12,14). The van der Waals surface area contributed by atoms with Crippen LogP contribution in [0.4, 0.5) is 0 Å². The number of carbonyl (C=O) groups is 1. The molecule has 2 atom stereocenters. The molecule has 3 N–H and O–H groups in total. The Morgan fingerprint density at radius 1 is 1.73 bits per heavy atom. The Kier molecular flexibility index (Phi) is 5.01. The Hall–Kier alpha value is -0.650. The van der Waals surface area contributed by atoms with E-state index in [0.29, 0.717) is 0 Å². The third kappa shape index (κ3) is 3.44. The summed E-state index contributed by atoms with van der Waals surface area (Å²) >= 11 is 0. The minimum absolute atomic E-state index is 0.105. The highest BCUT2D eigenvalue weighted by Crippen LogP contribution is 2.11. The zero-order chi connectivity index (χ0) is 11.3. The summed E-state index contributed by atoms with van der Waals surface area (Å²) in [4.78, 5) is 13.7. The van der Waals surface area contributed by atoms with Crippen LogP contribution >= 0.6 is 0 Å². The van der Waals surface area contributed by atoms with Crippen LogP contribution in [0.1, 0.15) is 26.7 Å². The first kappa shape index (κ1) is 12.4. The minimum Gasteiger partial charge on any atom is -0.377 e. The Labute approximate surface area is 90.9 Å². The van der Waals surface area contributed by atoms with E-state index in [2.05, 4.69) is 10.3 Å². The molecule has 1 saturated heterocycles. The van der Waals surface area contributed by atoms with Gasteiger partial charge in [-0.15, -0.1) is 0 Å². The fraction of sp³-hybridized carbons (Fsp3) is 0.900. The molecule has 1 heterocycles. The monoisotopic (exact) mass is 215 g/mol. The predicted octanol–water partition coefficient (Wildman–Crippen LogP) is -0.134. The second-order valence-electron chi connectivity index (χ2n) is 3.96. The number of hydrazine groups is 1. The van der Waals surface area contributed by atoms with Gasteiger partial charge in [-0.05, 0) is 19.8 Å². The summed E-state index contributed by atoms with van der Waals surface area (Å²) in [5.74, 6) is 5.07. The third-order valence-corrected chi connectivity index (χ3v) is 2.76. The fourth-order valence-electron chi connectivity index (χ4n) is 2.02. The molecule has 2 unspecified atom stereocenters. The lowest BCUT2D eigenvalue weighted by Gasteiger charge is -2.29. The molecule has 0 spiro atoms. The lowest BCUT2D eigenvalue weighted by molar-refractivity contribution is -0.126.